The van der Waals surface area contributed by atoms with Gasteiger partial charge in [0, 0.05) is 17.7 Å². The molecule has 0 fully saturated rings. The molecular weight excluding hydrogens is 406 g/mol. The third kappa shape index (κ3) is 5.60. The van der Waals surface area contributed by atoms with E-state index in [9.17, 15) is 14.9 Å². The molecule has 0 spiro atoms. The zero-order valence-corrected chi connectivity index (χ0v) is 16.7. The van der Waals surface area contributed by atoms with Crippen molar-refractivity contribution in [1.82, 2.24) is 5.43 Å². The van der Waals surface area contributed by atoms with Crippen LogP contribution < -0.4 is 19.6 Å². The molecule has 0 unspecified atom stereocenters. The number of hydrazone groups is 1. The van der Waals surface area contributed by atoms with E-state index in [4.69, 9.17) is 18.6 Å². The van der Waals surface area contributed by atoms with Crippen molar-refractivity contribution in [3.8, 4) is 17.2 Å². The number of para-hydroxylation sites is 2. The van der Waals surface area contributed by atoms with E-state index in [1.165, 1.54) is 32.6 Å². The van der Waals surface area contributed by atoms with Crippen molar-refractivity contribution >= 4 is 17.8 Å². The van der Waals surface area contributed by atoms with Gasteiger partial charge in [0.05, 0.1) is 25.4 Å². The number of furan rings is 1. The Kier molecular flexibility index (Phi) is 6.84. The lowest BCUT2D eigenvalue weighted by atomic mass is 10.2. The molecule has 1 aromatic heterocycles. The van der Waals surface area contributed by atoms with Crippen molar-refractivity contribution in [3.05, 3.63) is 81.8 Å². The van der Waals surface area contributed by atoms with Crippen LogP contribution in [0.2, 0.25) is 0 Å². The van der Waals surface area contributed by atoms with Gasteiger partial charge in [-0.2, -0.15) is 5.10 Å². The maximum atomic E-state index is 12.3. The van der Waals surface area contributed by atoms with E-state index < -0.39 is 10.8 Å². The number of rotatable bonds is 9. The topological polar surface area (TPSA) is 125 Å². The van der Waals surface area contributed by atoms with Crippen molar-refractivity contribution in [2.45, 2.75) is 6.61 Å². The van der Waals surface area contributed by atoms with Gasteiger partial charge in [-0.1, -0.05) is 12.1 Å². The molecule has 31 heavy (non-hydrogen) atoms. The van der Waals surface area contributed by atoms with Gasteiger partial charge >= 0.3 is 5.69 Å². The molecule has 3 rings (SSSR count). The highest BCUT2D eigenvalue weighted by Gasteiger charge is 2.14. The molecule has 0 atom stereocenters. The molecule has 3 aromatic rings. The normalized spacial score (nSPS) is 10.6. The van der Waals surface area contributed by atoms with Crippen LogP contribution in [0.4, 0.5) is 5.69 Å². The number of hydrogen-bond acceptors (Lipinski definition) is 8. The number of benzene rings is 2. The fraction of sp³-hybridized carbons (Fsp3) is 0.143. The lowest BCUT2D eigenvalue weighted by Crippen LogP contribution is -2.17. The van der Waals surface area contributed by atoms with E-state index in [2.05, 4.69) is 10.5 Å². The van der Waals surface area contributed by atoms with Crippen LogP contribution in [-0.2, 0) is 6.61 Å². The molecule has 160 valence electrons. The fourth-order valence-corrected chi connectivity index (χ4v) is 2.58. The predicted molar refractivity (Wildman–Crippen MR) is 111 cm³/mol. The lowest BCUT2D eigenvalue weighted by molar-refractivity contribution is -0.386. The molecule has 0 bridgehead atoms. The Labute approximate surface area is 177 Å². The number of hydrogen-bond donors (Lipinski definition) is 1. The minimum Gasteiger partial charge on any atom is -0.497 e. The average Bonchev–Trinajstić information content (AvgIpc) is 3.25. The van der Waals surface area contributed by atoms with Crippen LogP contribution in [0.15, 0.2) is 64.1 Å². The summed E-state index contributed by atoms with van der Waals surface area (Å²) in [6, 6.07) is 14.1. The maximum absolute atomic E-state index is 12.3. The first kappa shape index (κ1) is 21.4. The minimum absolute atomic E-state index is 0.00530. The van der Waals surface area contributed by atoms with Gasteiger partial charge in [-0.25, -0.2) is 5.43 Å². The van der Waals surface area contributed by atoms with Crippen LogP contribution >= 0.6 is 0 Å². The summed E-state index contributed by atoms with van der Waals surface area (Å²) in [4.78, 5) is 22.8. The van der Waals surface area contributed by atoms with Gasteiger partial charge in [-0.05, 0) is 30.3 Å². The molecule has 0 radical (unpaired) electrons. The van der Waals surface area contributed by atoms with E-state index >= 15 is 0 Å². The predicted octanol–water partition coefficient (Wildman–Crippen LogP) is 3.55. The Morgan fingerprint density at radius 3 is 2.52 bits per heavy atom. The first-order valence-corrected chi connectivity index (χ1v) is 9.01. The number of nitro groups is 1. The number of nitrogens with zero attached hydrogens (tertiary/aromatic N) is 2. The first-order valence-electron chi connectivity index (χ1n) is 9.01. The van der Waals surface area contributed by atoms with Crippen LogP contribution in [0.3, 0.4) is 0 Å². The summed E-state index contributed by atoms with van der Waals surface area (Å²) >= 11 is 0. The Bertz CT molecular complexity index is 1090. The van der Waals surface area contributed by atoms with Crippen molar-refractivity contribution < 1.29 is 28.3 Å². The quantitative estimate of drug-likeness (QED) is 0.316. The van der Waals surface area contributed by atoms with Gasteiger partial charge in [0.2, 0.25) is 0 Å². The second-order valence-electron chi connectivity index (χ2n) is 6.12. The molecule has 10 heteroatoms. The number of methoxy groups -OCH3 is 2. The van der Waals surface area contributed by atoms with Gasteiger partial charge in [0.15, 0.2) is 5.75 Å². The van der Waals surface area contributed by atoms with E-state index in [1.807, 2.05) is 0 Å². The van der Waals surface area contributed by atoms with E-state index in [-0.39, 0.29) is 18.0 Å². The Hall–Kier alpha value is -4.34. The van der Waals surface area contributed by atoms with Gasteiger partial charge in [-0.3, -0.25) is 14.9 Å². The second kappa shape index (κ2) is 9.92. The Morgan fingerprint density at radius 1 is 1.13 bits per heavy atom. The summed E-state index contributed by atoms with van der Waals surface area (Å²) in [5.74, 6) is 1.43. The number of nitro benzene ring substituents is 1. The Balaban J connectivity index is 1.59. The highest BCUT2D eigenvalue weighted by atomic mass is 16.6. The third-order valence-corrected chi connectivity index (χ3v) is 4.09. The summed E-state index contributed by atoms with van der Waals surface area (Å²) in [6.45, 7) is -0.00530. The molecule has 0 aliphatic carbocycles. The van der Waals surface area contributed by atoms with Gasteiger partial charge < -0.3 is 18.6 Å². The molecule has 0 saturated heterocycles. The zero-order valence-electron chi connectivity index (χ0n) is 16.7. The molecular formula is C21H19N3O7. The third-order valence-electron chi connectivity index (χ3n) is 4.09. The summed E-state index contributed by atoms with van der Waals surface area (Å²) in [5, 5.41) is 14.9. The molecule has 1 N–H and O–H groups in total. The first-order chi connectivity index (χ1) is 15.0. The standard InChI is InChI=1S/C21H19N3O7/c1-28-17-9-14(10-18(11-17)29-2)21(25)23-22-12-15-7-8-16(31-15)13-30-20-6-4-3-5-19(20)24(26)27/h3-12H,13H2,1-2H3,(H,23,25)/b22-12-. The second-order valence-corrected chi connectivity index (χ2v) is 6.12. The molecule has 2 aromatic carbocycles. The SMILES string of the molecule is COc1cc(OC)cc(C(=O)N/N=C\c2ccc(COc3ccccc3[N+](=O)[O-])o2)c1. The highest BCUT2D eigenvalue weighted by molar-refractivity contribution is 5.95. The number of nitrogens with one attached hydrogen (secondary N) is 1. The summed E-state index contributed by atoms with van der Waals surface area (Å²) in [5.41, 5.74) is 2.57. The van der Waals surface area contributed by atoms with Gasteiger partial charge in [0.25, 0.3) is 5.91 Å². The Morgan fingerprint density at radius 2 is 1.84 bits per heavy atom. The van der Waals surface area contributed by atoms with Crippen molar-refractivity contribution in [2.24, 2.45) is 5.10 Å². The summed E-state index contributed by atoms with van der Waals surface area (Å²) in [7, 11) is 2.98. The molecule has 1 heterocycles. The number of carbonyl (C=O) groups is 1. The smallest absolute Gasteiger partial charge is 0.310 e. The molecule has 0 saturated carbocycles. The van der Waals surface area contributed by atoms with E-state index in [0.29, 0.717) is 28.6 Å². The van der Waals surface area contributed by atoms with Crippen LogP contribution in [0, 0.1) is 10.1 Å². The number of amides is 1. The molecule has 0 aliphatic rings. The number of carbonyl (C=O) groups excluding carboxylic acids is 1. The maximum Gasteiger partial charge on any atom is 0.310 e. The largest absolute Gasteiger partial charge is 0.497 e. The van der Waals surface area contributed by atoms with Crippen molar-refractivity contribution in [1.29, 1.82) is 0 Å². The van der Waals surface area contributed by atoms with E-state index in [0.717, 1.165) is 0 Å². The average molecular weight is 425 g/mol. The van der Waals surface area contributed by atoms with Gasteiger partial charge in [-0.15, -0.1) is 0 Å². The van der Waals surface area contributed by atoms with Crippen molar-refractivity contribution in [2.75, 3.05) is 14.2 Å². The minimum atomic E-state index is -0.518. The fourth-order valence-electron chi connectivity index (χ4n) is 2.58. The van der Waals surface area contributed by atoms with Gasteiger partial charge in [0.1, 0.15) is 29.6 Å². The van der Waals surface area contributed by atoms with Crippen LogP contribution in [0.5, 0.6) is 17.2 Å². The molecule has 0 aliphatic heterocycles. The van der Waals surface area contributed by atoms with Crippen LogP contribution in [0.1, 0.15) is 21.9 Å². The summed E-state index contributed by atoms with van der Waals surface area (Å²) in [6.07, 6.45) is 1.32. The van der Waals surface area contributed by atoms with Crippen molar-refractivity contribution in [3.63, 3.8) is 0 Å². The highest BCUT2D eigenvalue weighted by Crippen LogP contribution is 2.27. The molecule has 1 amide bonds. The van der Waals surface area contributed by atoms with Crippen LogP contribution in [0.25, 0.3) is 0 Å². The van der Waals surface area contributed by atoms with Crippen LogP contribution in [-0.4, -0.2) is 31.3 Å². The monoisotopic (exact) mass is 425 g/mol. The number of ether oxygens (including phenoxy) is 3. The van der Waals surface area contributed by atoms with E-state index in [1.54, 1.807) is 42.5 Å². The summed E-state index contributed by atoms with van der Waals surface area (Å²) < 4.78 is 21.3. The lowest BCUT2D eigenvalue weighted by Gasteiger charge is -2.07. The zero-order chi connectivity index (χ0) is 22.2. The molecule has 10 nitrogen and oxygen atoms in total.